The molecule has 106 valence electrons. The zero-order valence-corrected chi connectivity index (χ0v) is 13.2. The molecule has 0 aromatic carbocycles. The van der Waals surface area contributed by atoms with Gasteiger partial charge in [-0.15, -0.1) is 0 Å². The molecule has 5 atom stereocenters. The molecule has 0 bridgehead atoms. The van der Waals surface area contributed by atoms with Gasteiger partial charge in [-0.1, -0.05) is 6.92 Å². The van der Waals surface area contributed by atoms with Crippen LogP contribution in [0.25, 0.3) is 0 Å². The van der Waals surface area contributed by atoms with E-state index in [0.717, 1.165) is 16.6 Å². The maximum absolute atomic E-state index is 5.90. The monoisotopic (exact) mass is 327 g/mol. The molecule has 1 aromatic heterocycles. The summed E-state index contributed by atoms with van der Waals surface area (Å²) in [7, 11) is 0. The van der Waals surface area contributed by atoms with Gasteiger partial charge in [-0.2, -0.15) is 0 Å². The molecule has 19 heavy (non-hydrogen) atoms. The quantitative estimate of drug-likeness (QED) is 0.658. The Balaban J connectivity index is 2.09. The van der Waals surface area contributed by atoms with Crippen LogP contribution < -0.4 is 11.3 Å². The molecule has 1 saturated heterocycles. The average Bonchev–Trinajstić information content (AvgIpc) is 2.63. The molecule has 4 nitrogen and oxygen atoms in total. The highest BCUT2D eigenvalue weighted by atomic mass is 79.9. The third-order valence-corrected chi connectivity index (χ3v) is 4.68. The third-order valence-electron chi connectivity index (χ3n) is 4.22. The first-order valence-electron chi connectivity index (χ1n) is 6.75. The van der Waals surface area contributed by atoms with Gasteiger partial charge in [0.1, 0.15) is 0 Å². The van der Waals surface area contributed by atoms with Crippen LogP contribution in [0.4, 0.5) is 0 Å². The van der Waals surface area contributed by atoms with Gasteiger partial charge < -0.3 is 4.74 Å². The summed E-state index contributed by atoms with van der Waals surface area (Å²) >= 11 is 3.40. The van der Waals surface area contributed by atoms with Gasteiger partial charge in [0.25, 0.3) is 0 Å². The number of halogens is 1. The molecule has 2 rings (SSSR count). The lowest BCUT2D eigenvalue weighted by molar-refractivity contribution is 0.0475. The lowest BCUT2D eigenvalue weighted by atomic mass is 9.82. The van der Waals surface area contributed by atoms with Crippen molar-refractivity contribution in [2.24, 2.45) is 17.7 Å². The minimum atomic E-state index is 0.184. The third kappa shape index (κ3) is 3.34. The van der Waals surface area contributed by atoms with E-state index < -0.39 is 0 Å². The van der Waals surface area contributed by atoms with Crippen molar-refractivity contribution in [2.75, 3.05) is 0 Å². The van der Waals surface area contributed by atoms with E-state index >= 15 is 0 Å². The van der Waals surface area contributed by atoms with Crippen molar-refractivity contribution in [3.63, 3.8) is 0 Å². The van der Waals surface area contributed by atoms with E-state index in [-0.39, 0.29) is 18.2 Å². The fourth-order valence-corrected chi connectivity index (χ4v) is 3.28. The standard InChI is InChI=1S/C14H22BrN3O/c1-8-9(2)19-10(3)14(8)13(18-16)6-12-5-4-11(15)7-17-12/h4-5,7-10,13-14,18H,6,16H2,1-3H3. The number of rotatable bonds is 4. The number of ether oxygens (including phenoxy) is 1. The highest BCUT2D eigenvalue weighted by molar-refractivity contribution is 9.10. The van der Waals surface area contributed by atoms with Crippen molar-refractivity contribution < 1.29 is 4.74 Å². The van der Waals surface area contributed by atoms with Gasteiger partial charge in [0, 0.05) is 34.7 Å². The Morgan fingerprint density at radius 1 is 1.37 bits per heavy atom. The molecule has 5 unspecified atom stereocenters. The van der Waals surface area contributed by atoms with Crippen LogP contribution in [0.5, 0.6) is 0 Å². The molecule has 0 amide bonds. The molecule has 3 N–H and O–H groups in total. The smallest absolute Gasteiger partial charge is 0.0597 e. The summed E-state index contributed by atoms with van der Waals surface area (Å²) in [4.78, 5) is 4.42. The fourth-order valence-electron chi connectivity index (χ4n) is 3.05. The summed E-state index contributed by atoms with van der Waals surface area (Å²) < 4.78 is 6.90. The van der Waals surface area contributed by atoms with Crippen LogP contribution in [0.1, 0.15) is 26.5 Å². The molecule has 0 aliphatic carbocycles. The zero-order chi connectivity index (χ0) is 14.0. The van der Waals surface area contributed by atoms with Crippen molar-refractivity contribution in [1.29, 1.82) is 0 Å². The van der Waals surface area contributed by atoms with E-state index in [4.69, 9.17) is 10.6 Å². The maximum atomic E-state index is 5.90. The molecular weight excluding hydrogens is 306 g/mol. The molecule has 1 fully saturated rings. The van der Waals surface area contributed by atoms with Crippen molar-refractivity contribution in [2.45, 2.75) is 45.4 Å². The van der Waals surface area contributed by atoms with Crippen molar-refractivity contribution >= 4 is 15.9 Å². The first-order chi connectivity index (χ1) is 9.02. The van der Waals surface area contributed by atoms with Gasteiger partial charge >= 0.3 is 0 Å². The Hall–Kier alpha value is -0.490. The van der Waals surface area contributed by atoms with Gasteiger partial charge in [-0.3, -0.25) is 16.3 Å². The summed E-state index contributed by atoms with van der Waals surface area (Å²) in [6.07, 6.45) is 3.15. The van der Waals surface area contributed by atoms with Crippen LogP contribution in [0.15, 0.2) is 22.8 Å². The number of hydrazine groups is 1. The van der Waals surface area contributed by atoms with Crippen LogP contribution in [0.2, 0.25) is 0 Å². The Morgan fingerprint density at radius 2 is 2.11 bits per heavy atom. The Kier molecular flexibility index (Phi) is 4.95. The minimum Gasteiger partial charge on any atom is -0.375 e. The number of nitrogens with two attached hydrogens (primary N) is 1. The summed E-state index contributed by atoms with van der Waals surface area (Å²) in [6.45, 7) is 6.49. The lowest BCUT2D eigenvalue weighted by Crippen LogP contribution is -2.46. The molecular formula is C14H22BrN3O. The summed E-state index contributed by atoms with van der Waals surface area (Å²) in [6, 6.07) is 4.23. The van der Waals surface area contributed by atoms with E-state index in [0.29, 0.717) is 11.8 Å². The number of nitrogens with zero attached hydrogens (tertiary/aromatic N) is 1. The molecule has 0 spiro atoms. The average molecular weight is 328 g/mol. The Labute approximate surface area is 123 Å². The number of nitrogens with one attached hydrogen (secondary N) is 1. The summed E-state index contributed by atoms with van der Waals surface area (Å²) in [5.41, 5.74) is 4.00. The highest BCUT2D eigenvalue weighted by Crippen LogP contribution is 2.35. The second kappa shape index (κ2) is 6.31. The first kappa shape index (κ1) is 14.9. The molecule has 0 saturated carbocycles. The summed E-state index contributed by atoms with van der Waals surface area (Å²) in [5.74, 6) is 6.66. The molecule has 0 radical (unpaired) electrons. The Morgan fingerprint density at radius 3 is 2.58 bits per heavy atom. The maximum Gasteiger partial charge on any atom is 0.0597 e. The van der Waals surface area contributed by atoms with Gasteiger partial charge in [0.2, 0.25) is 0 Å². The van der Waals surface area contributed by atoms with E-state index in [2.05, 4.69) is 47.1 Å². The number of aromatic nitrogens is 1. The Bertz CT molecular complexity index is 412. The predicted octanol–water partition coefficient (Wildman–Crippen LogP) is 2.28. The van der Waals surface area contributed by atoms with Crippen molar-refractivity contribution in [3.8, 4) is 0 Å². The predicted molar refractivity (Wildman–Crippen MR) is 79.4 cm³/mol. The normalized spacial score (nSPS) is 32.5. The molecule has 5 heteroatoms. The molecule has 2 heterocycles. The van der Waals surface area contributed by atoms with E-state index in [1.54, 1.807) is 0 Å². The van der Waals surface area contributed by atoms with Crippen molar-refractivity contribution in [1.82, 2.24) is 10.4 Å². The second-order valence-corrected chi connectivity index (χ2v) is 6.34. The lowest BCUT2D eigenvalue weighted by Gasteiger charge is -2.28. The topological polar surface area (TPSA) is 60.2 Å². The van der Waals surface area contributed by atoms with Gasteiger partial charge in [-0.25, -0.2) is 0 Å². The minimum absolute atomic E-state index is 0.184. The van der Waals surface area contributed by atoms with E-state index in [1.165, 1.54) is 0 Å². The molecule has 1 aromatic rings. The first-order valence-corrected chi connectivity index (χ1v) is 7.54. The highest BCUT2D eigenvalue weighted by Gasteiger charge is 2.41. The van der Waals surface area contributed by atoms with Gasteiger partial charge in [0.05, 0.1) is 12.2 Å². The largest absolute Gasteiger partial charge is 0.375 e. The van der Waals surface area contributed by atoms with E-state index in [1.807, 2.05) is 18.3 Å². The van der Waals surface area contributed by atoms with Crippen molar-refractivity contribution in [3.05, 3.63) is 28.5 Å². The van der Waals surface area contributed by atoms with Crippen LogP contribution in [0.3, 0.4) is 0 Å². The van der Waals surface area contributed by atoms with Crippen LogP contribution in [0, 0.1) is 11.8 Å². The summed E-state index contributed by atoms with van der Waals surface area (Å²) in [5, 5.41) is 0. The zero-order valence-electron chi connectivity index (χ0n) is 11.6. The molecule has 1 aliphatic heterocycles. The number of hydrogen-bond acceptors (Lipinski definition) is 4. The van der Waals surface area contributed by atoms with Gasteiger partial charge in [0.15, 0.2) is 0 Å². The van der Waals surface area contributed by atoms with Gasteiger partial charge in [-0.05, 0) is 47.8 Å². The van der Waals surface area contributed by atoms with Crippen LogP contribution in [-0.4, -0.2) is 23.2 Å². The van der Waals surface area contributed by atoms with Crippen LogP contribution >= 0.6 is 15.9 Å². The SMILES string of the molecule is CC1OC(C)C(C(Cc2ccc(Br)cn2)NN)C1C. The molecule has 1 aliphatic rings. The fraction of sp³-hybridized carbons (Fsp3) is 0.643. The van der Waals surface area contributed by atoms with Crippen LogP contribution in [-0.2, 0) is 11.2 Å². The number of pyridine rings is 1. The second-order valence-electron chi connectivity index (χ2n) is 5.43. The van der Waals surface area contributed by atoms with E-state index in [9.17, 15) is 0 Å². The number of hydrogen-bond donors (Lipinski definition) is 2.